The van der Waals surface area contributed by atoms with Gasteiger partial charge in [0.15, 0.2) is 0 Å². The molecule has 0 aromatic rings. The first-order chi connectivity index (χ1) is 8.59. The van der Waals surface area contributed by atoms with Gasteiger partial charge < -0.3 is 10.2 Å². The monoisotopic (exact) mass is 254 g/mol. The van der Waals surface area contributed by atoms with Crippen LogP contribution in [0.1, 0.15) is 59.8 Å². The van der Waals surface area contributed by atoms with E-state index in [2.05, 4.69) is 37.9 Å². The molecule has 108 valence electrons. The summed E-state index contributed by atoms with van der Waals surface area (Å²) in [5.41, 5.74) is 0. The average Bonchev–Trinajstić information content (AvgIpc) is 2.32. The van der Waals surface area contributed by atoms with Crippen LogP contribution in [0.4, 0.5) is 0 Å². The molecular formula is C16H34N2. The van der Waals surface area contributed by atoms with Gasteiger partial charge in [0, 0.05) is 12.6 Å². The Morgan fingerprint density at radius 1 is 1.11 bits per heavy atom. The number of piperidine rings is 1. The van der Waals surface area contributed by atoms with Crippen molar-refractivity contribution in [3.05, 3.63) is 0 Å². The van der Waals surface area contributed by atoms with E-state index in [4.69, 9.17) is 0 Å². The van der Waals surface area contributed by atoms with Crippen molar-refractivity contribution in [1.29, 1.82) is 0 Å². The van der Waals surface area contributed by atoms with E-state index in [0.717, 1.165) is 17.9 Å². The molecule has 2 nitrogen and oxygen atoms in total. The molecule has 0 amide bonds. The Balaban J connectivity index is 1.96. The molecule has 18 heavy (non-hydrogen) atoms. The van der Waals surface area contributed by atoms with Crippen LogP contribution >= 0.6 is 0 Å². The molecule has 0 aliphatic carbocycles. The molecule has 1 aliphatic heterocycles. The minimum absolute atomic E-state index is 0.778. The Kier molecular flexibility index (Phi) is 7.92. The first-order valence-corrected chi connectivity index (χ1v) is 8.04. The van der Waals surface area contributed by atoms with Crippen molar-refractivity contribution >= 4 is 0 Å². The van der Waals surface area contributed by atoms with E-state index in [1.807, 2.05) is 0 Å². The molecule has 0 spiro atoms. The Morgan fingerprint density at radius 3 is 2.61 bits per heavy atom. The lowest BCUT2D eigenvalue weighted by Gasteiger charge is -2.36. The summed E-state index contributed by atoms with van der Waals surface area (Å²) >= 11 is 0. The van der Waals surface area contributed by atoms with E-state index < -0.39 is 0 Å². The maximum Gasteiger partial charge on any atom is 0.00671 e. The van der Waals surface area contributed by atoms with E-state index in [1.54, 1.807) is 0 Å². The molecular weight excluding hydrogens is 220 g/mol. The summed E-state index contributed by atoms with van der Waals surface area (Å²) in [5.74, 6) is 1.69. The third-order valence-corrected chi connectivity index (χ3v) is 4.10. The summed E-state index contributed by atoms with van der Waals surface area (Å²) in [6, 6.07) is 0.820. The fraction of sp³-hybridized carbons (Fsp3) is 1.00. The molecule has 2 atom stereocenters. The van der Waals surface area contributed by atoms with Gasteiger partial charge in [-0.05, 0) is 64.1 Å². The van der Waals surface area contributed by atoms with Gasteiger partial charge in [-0.25, -0.2) is 0 Å². The number of rotatable bonds is 8. The maximum absolute atomic E-state index is 3.53. The largest absolute Gasteiger partial charge is 0.316 e. The van der Waals surface area contributed by atoms with Gasteiger partial charge >= 0.3 is 0 Å². The first-order valence-electron chi connectivity index (χ1n) is 8.04. The summed E-state index contributed by atoms with van der Waals surface area (Å²) in [6.07, 6.45) is 6.92. The van der Waals surface area contributed by atoms with Crippen molar-refractivity contribution < 1.29 is 0 Å². The number of nitrogens with zero attached hydrogens (tertiary/aromatic N) is 1. The fourth-order valence-electron chi connectivity index (χ4n) is 2.82. The zero-order valence-electron chi connectivity index (χ0n) is 13.0. The van der Waals surface area contributed by atoms with Gasteiger partial charge in [0.2, 0.25) is 0 Å². The number of nitrogens with one attached hydrogen (secondary N) is 1. The Bertz CT molecular complexity index is 203. The number of likely N-dealkylation sites (tertiary alicyclic amines) is 1. The smallest absolute Gasteiger partial charge is 0.00671 e. The summed E-state index contributed by atoms with van der Waals surface area (Å²) in [4.78, 5) is 2.70. The second-order valence-corrected chi connectivity index (χ2v) is 6.69. The van der Waals surface area contributed by atoms with Gasteiger partial charge in [-0.3, -0.25) is 0 Å². The molecule has 1 heterocycles. The van der Waals surface area contributed by atoms with Gasteiger partial charge in [-0.15, -0.1) is 0 Å². The average molecular weight is 254 g/mol. The van der Waals surface area contributed by atoms with Crippen LogP contribution in [0.5, 0.6) is 0 Å². The lowest BCUT2D eigenvalue weighted by Crippen LogP contribution is -2.41. The number of unbranched alkanes of at least 4 members (excludes halogenated alkanes) is 2. The second-order valence-electron chi connectivity index (χ2n) is 6.69. The van der Waals surface area contributed by atoms with E-state index in [-0.39, 0.29) is 0 Å². The second kappa shape index (κ2) is 8.92. The number of hydrogen-bond acceptors (Lipinski definition) is 2. The van der Waals surface area contributed by atoms with Crippen LogP contribution in [-0.2, 0) is 0 Å². The normalized spacial score (nSPS) is 25.8. The molecule has 1 aliphatic rings. The molecule has 0 saturated carbocycles. The van der Waals surface area contributed by atoms with Gasteiger partial charge in [-0.2, -0.15) is 0 Å². The van der Waals surface area contributed by atoms with E-state index >= 15 is 0 Å². The first kappa shape index (κ1) is 16.0. The highest BCUT2D eigenvalue weighted by atomic mass is 15.2. The van der Waals surface area contributed by atoms with Crippen molar-refractivity contribution in [1.82, 2.24) is 10.2 Å². The topological polar surface area (TPSA) is 15.3 Å². The zero-order chi connectivity index (χ0) is 13.4. The van der Waals surface area contributed by atoms with Crippen LogP contribution in [0.3, 0.4) is 0 Å². The summed E-state index contributed by atoms with van der Waals surface area (Å²) in [5, 5.41) is 3.53. The lowest BCUT2D eigenvalue weighted by atomic mass is 9.95. The van der Waals surface area contributed by atoms with Crippen LogP contribution in [0.2, 0.25) is 0 Å². The Hall–Kier alpha value is -0.0800. The molecule has 0 bridgehead atoms. The molecule has 0 radical (unpaired) electrons. The van der Waals surface area contributed by atoms with Gasteiger partial charge in [0.25, 0.3) is 0 Å². The minimum atomic E-state index is 0.778. The Labute approximate surface area is 115 Å². The molecule has 2 unspecified atom stereocenters. The third kappa shape index (κ3) is 6.75. The molecule has 1 fully saturated rings. The molecule has 1 rings (SSSR count). The maximum atomic E-state index is 3.53. The van der Waals surface area contributed by atoms with Crippen LogP contribution in [-0.4, -0.2) is 37.1 Å². The number of hydrogen-bond donors (Lipinski definition) is 1. The predicted molar refractivity (Wildman–Crippen MR) is 81.0 cm³/mol. The fourth-order valence-corrected chi connectivity index (χ4v) is 2.82. The zero-order valence-corrected chi connectivity index (χ0v) is 13.0. The SMILES string of the molecule is CC(C)CNCCCCCN1CC(C)CCC1C. The highest BCUT2D eigenvalue weighted by Crippen LogP contribution is 2.21. The van der Waals surface area contributed by atoms with Crippen LogP contribution < -0.4 is 5.32 Å². The quantitative estimate of drug-likeness (QED) is 0.667. The van der Waals surface area contributed by atoms with E-state index in [1.165, 1.54) is 58.3 Å². The molecule has 1 saturated heterocycles. The molecule has 1 N–H and O–H groups in total. The van der Waals surface area contributed by atoms with Gasteiger partial charge in [-0.1, -0.05) is 27.2 Å². The highest BCUT2D eigenvalue weighted by molar-refractivity contribution is 4.76. The van der Waals surface area contributed by atoms with Crippen molar-refractivity contribution in [3.63, 3.8) is 0 Å². The van der Waals surface area contributed by atoms with Gasteiger partial charge in [0.05, 0.1) is 0 Å². The molecule has 0 aromatic carbocycles. The van der Waals surface area contributed by atoms with Crippen molar-refractivity contribution in [2.75, 3.05) is 26.2 Å². The standard InChI is InChI=1S/C16H34N2/c1-14(2)12-17-10-6-5-7-11-18-13-15(3)8-9-16(18)4/h14-17H,5-13H2,1-4H3. The predicted octanol–water partition coefficient (Wildman–Crippen LogP) is 3.52. The van der Waals surface area contributed by atoms with E-state index in [0.29, 0.717) is 0 Å². The van der Waals surface area contributed by atoms with Crippen LogP contribution in [0.15, 0.2) is 0 Å². The van der Waals surface area contributed by atoms with Crippen LogP contribution in [0, 0.1) is 11.8 Å². The summed E-state index contributed by atoms with van der Waals surface area (Å²) < 4.78 is 0. The van der Waals surface area contributed by atoms with Crippen molar-refractivity contribution in [2.45, 2.75) is 65.8 Å². The van der Waals surface area contributed by atoms with Crippen LogP contribution in [0.25, 0.3) is 0 Å². The summed E-state index contributed by atoms with van der Waals surface area (Å²) in [6.45, 7) is 14.3. The minimum Gasteiger partial charge on any atom is -0.316 e. The van der Waals surface area contributed by atoms with Gasteiger partial charge in [0.1, 0.15) is 0 Å². The van der Waals surface area contributed by atoms with Crippen molar-refractivity contribution in [2.24, 2.45) is 11.8 Å². The highest BCUT2D eigenvalue weighted by Gasteiger charge is 2.21. The third-order valence-electron chi connectivity index (χ3n) is 4.10. The van der Waals surface area contributed by atoms with E-state index in [9.17, 15) is 0 Å². The Morgan fingerprint density at radius 2 is 1.89 bits per heavy atom. The van der Waals surface area contributed by atoms with Crippen molar-refractivity contribution in [3.8, 4) is 0 Å². The molecule has 0 aromatic heterocycles. The molecule has 2 heteroatoms. The summed E-state index contributed by atoms with van der Waals surface area (Å²) in [7, 11) is 0. The lowest BCUT2D eigenvalue weighted by molar-refractivity contribution is 0.122.